The van der Waals surface area contributed by atoms with Crippen molar-refractivity contribution >= 4 is 11.8 Å². The molecule has 0 spiro atoms. The molecule has 4 heteroatoms. The first-order valence-electron chi connectivity index (χ1n) is 6.57. The summed E-state index contributed by atoms with van der Waals surface area (Å²) >= 11 is 0. The number of rotatable bonds is 4. The molecular formula is C13H22N2O2. The van der Waals surface area contributed by atoms with Crippen LogP contribution in [0.25, 0.3) is 0 Å². The van der Waals surface area contributed by atoms with Gasteiger partial charge in [0.25, 0.3) is 0 Å². The molecule has 4 nitrogen and oxygen atoms in total. The van der Waals surface area contributed by atoms with Crippen LogP contribution in [-0.2, 0) is 9.59 Å². The average molecular weight is 238 g/mol. The molecule has 96 valence electrons. The summed E-state index contributed by atoms with van der Waals surface area (Å²) in [5, 5.41) is 2.80. The lowest BCUT2D eigenvalue weighted by atomic mass is 9.93. The van der Waals surface area contributed by atoms with Gasteiger partial charge in [-0.2, -0.15) is 0 Å². The van der Waals surface area contributed by atoms with Gasteiger partial charge in [0.15, 0.2) is 0 Å². The first-order valence-corrected chi connectivity index (χ1v) is 6.57. The molecule has 1 heterocycles. The summed E-state index contributed by atoms with van der Waals surface area (Å²) in [6.07, 6.45) is 4.00. The smallest absolute Gasteiger partial charge is 0.246 e. The van der Waals surface area contributed by atoms with Gasteiger partial charge in [0, 0.05) is 5.54 Å². The number of amides is 2. The summed E-state index contributed by atoms with van der Waals surface area (Å²) in [7, 11) is 0. The number of carbonyl (C=O) groups is 2. The van der Waals surface area contributed by atoms with E-state index in [1.165, 1.54) is 12.8 Å². The van der Waals surface area contributed by atoms with E-state index in [2.05, 4.69) is 19.2 Å². The highest BCUT2D eigenvalue weighted by molar-refractivity contribution is 5.95. The van der Waals surface area contributed by atoms with Crippen LogP contribution in [0.5, 0.6) is 0 Å². The second-order valence-electron chi connectivity index (χ2n) is 5.76. The number of piperazine rings is 1. The second-order valence-corrected chi connectivity index (χ2v) is 5.76. The van der Waals surface area contributed by atoms with E-state index >= 15 is 0 Å². The average Bonchev–Trinajstić information content (AvgIpc) is 3.06. The van der Waals surface area contributed by atoms with Gasteiger partial charge in [0.05, 0.1) is 0 Å². The van der Waals surface area contributed by atoms with Crippen molar-refractivity contribution in [2.24, 2.45) is 5.92 Å². The summed E-state index contributed by atoms with van der Waals surface area (Å²) in [5.41, 5.74) is -0.166. The molecule has 2 aliphatic rings. The fourth-order valence-corrected chi connectivity index (χ4v) is 2.69. The summed E-state index contributed by atoms with van der Waals surface area (Å²) in [6, 6.07) is -0.306. The van der Waals surface area contributed by atoms with Crippen LogP contribution in [0.15, 0.2) is 0 Å². The van der Waals surface area contributed by atoms with Crippen molar-refractivity contribution in [2.45, 2.75) is 58.0 Å². The van der Waals surface area contributed by atoms with Gasteiger partial charge in [0.2, 0.25) is 11.8 Å². The SMILES string of the molecule is CCCC1NC(=O)CN(C(C)(C)C2CC2)C1=O. The maximum absolute atomic E-state index is 12.4. The lowest BCUT2D eigenvalue weighted by Crippen LogP contribution is -2.64. The summed E-state index contributed by atoms with van der Waals surface area (Å²) in [4.78, 5) is 25.8. The fraction of sp³-hybridized carbons (Fsp3) is 0.846. The van der Waals surface area contributed by atoms with Gasteiger partial charge >= 0.3 is 0 Å². The predicted molar refractivity (Wildman–Crippen MR) is 65.4 cm³/mol. The van der Waals surface area contributed by atoms with Crippen molar-refractivity contribution in [1.29, 1.82) is 0 Å². The minimum Gasteiger partial charge on any atom is -0.343 e. The molecule has 0 bridgehead atoms. The van der Waals surface area contributed by atoms with E-state index in [0.29, 0.717) is 5.92 Å². The monoisotopic (exact) mass is 238 g/mol. The highest BCUT2D eigenvalue weighted by atomic mass is 16.2. The Hall–Kier alpha value is -1.06. The molecule has 1 atom stereocenters. The molecule has 2 fully saturated rings. The molecule has 1 aliphatic heterocycles. The molecule has 2 amide bonds. The van der Waals surface area contributed by atoms with Crippen molar-refractivity contribution in [1.82, 2.24) is 10.2 Å². The Kier molecular flexibility index (Phi) is 3.15. The lowest BCUT2D eigenvalue weighted by Gasteiger charge is -2.43. The van der Waals surface area contributed by atoms with E-state index in [-0.39, 0.29) is 29.9 Å². The van der Waals surface area contributed by atoms with E-state index in [1.807, 2.05) is 6.92 Å². The molecule has 0 aromatic carbocycles. The normalized spacial score (nSPS) is 26.1. The van der Waals surface area contributed by atoms with Crippen LogP contribution in [0.1, 0.15) is 46.5 Å². The second kappa shape index (κ2) is 4.31. The number of carbonyl (C=O) groups excluding carboxylic acids is 2. The molecule has 1 saturated heterocycles. The van der Waals surface area contributed by atoms with E-state index in [0.717, 1.165) is 12.8 Å². The molecule has 1 saturated carbocycles. The van der Waals surface area contributed by atoms with Crippen molar-refractivity contribution in [3.8, 4) is 0 Å². The molecule has 0 aromatic heterocycles. The zero-order chi connectivity index (χ0) is 12.6. The molecule has 1 aliphatic carbocycles. The Morgan fingerprint density at radius 2 is 2.00 bits per heavy atom. The molecular weight excluding hydrogens is 216 g/mol. The van der Waals surface area contributed by atoms with Crippen LogP contribution >= 0.6 is 0 Å². The van der Waals surface area contributed by atoms with Gasteiger partial charge in [-0.25, -0.2) is 0 Å². The number of nitrogens with one attached hydrogen (secondary N) is 1. The van der Waals surface area contributed by atoms with Gasteiger partial charge in [0.1, 0.15) is 12.6 Å². The number of nitrogens with zero attached hydrogens (tertiary/aromatic N) is 1. The van der Waals surface area contributed by atoms with Crippen LogP contribution in [0.2, 0.25) is 0 Å². The molecule has 0 radical (unpaired) electrons. The lowest BCUT2D eigenvalue weighted by molar-refractivity contribution is -0.150. The standard InChI is InChI=1S/C13H22N2O2/c1-4-5-10-12(17)15(8-11(16)14-10)13(2,3)9-6-7-9/h9-10H,4-8H2,1-3H3,(H,14,16). The summed E-state index contributed by atoms with van der Waals surface area (Å²) in [5.74, 6) is 0.653. The first kappa shape index (κ1) is 12.4. The van der Waals surface area contributed by atoms with Crippen molar-refractivity contribution in [2.75, 3.05) is 6.54 Å². The fourth-order valence-electron chi connectivity index (χ4n) is 2.69. The van der Waals surface area contributed by atoms with Gasteiger partial charge in [-0.15, -0.1) is 0 Å². The largest absolute Gasteiger partial charge is 0.343 e. The zero-order valence-corrected chi connectivity index (χ0v) is 11.0. The highest BCUT2D eigenvalue weighted by Gasteiger charge is 2.47. The van der Waals surface area contributed by atoms with Crippen LogP contribution in [-0.4, -0.2) is 34.8 Å². The summed E-state index contributed by atoms with van der Waals surface area (Å²) < 4.78 is 0. The van der Waals surface area contributed by atoms with Crippen molar-refractivity contribution in [3.63, 3.8) is 0 Å². The molecule has 17 heavy (non-hydrogen) atoms. The Morgan fingerprint density at radius 1 is 1.35 bits per heavy atom. The van der Waals surface area contributed by atoms with Gasteiger partial charge in [-0.05, 0) is 39.0 Å². The van der Waals surface area contributed by atoms with Crippen LogP contribution in [0.4, 0.5) is 0 Å². The van der Waals surface area contributed by atoms with E-state index in [4.69, 9.17) is 0 Å². The third-order valence-corrected chi connectivity index (χ3v) is 4.05. The Balaban J connectivity index is 2.15. The molecule has 2 rings (SSSR count). The quantitative estimate of drug-likeness (QED) is 0.802. The third-order valence-electron chi connectivity index (χ3n) is 4.05. The molecule has 0 aromatic rings. The number of hydrogen-bond acceptors (Lipinski definition) is 2. The summed E-state index contributed by atoms with van der Waals surface area (Å²) in [6.45, 7) is 6.43. The Labute approximate surface area is 103 Å². The third kappa shape index (κ3) is 2.31. The van der Waals surface area contributed by atoms with Gasteiger partial charge in [-0.1, -0.05) is 13.3 Å². The van der Waals surface area contributed by atoms with Gasteiger partial charge < -0.3 is 10.2 Å². The van der Waals surface area contributed by atoms with Crippen molar-refractivity contribution in [3.05, 3.63) is 0 Å². The van der Waals surface area contributed by atoms with Crippen molar-refractivity contribution < 1.29 is 9.59 Å². The zero-order valence-electron chi connectivity index (χ0n) is 11.0. The maximum atomic E-state index is 12.4. The molecule has 1 unspecified atom stereocenters. The van der Waals surface area contributed by atoms with Crippen LogP contribution in [0, 0.1) is 5.92 Å². The van der Waals surface area contributed by atoms with Gasteiger partial charge in [-0.3, -0.25) is 9.59 Å². The van der Waals surface area contributed by atoms with Crippen LogP contribution < -0.4 is 5.32 Å². The first-order chi connectivity index (χ1) is 7.96. The van der Waals surface area contributed by atoms with E-state index in [1.54, 1.807) is 4.90 Å². The Morgan fingerprint density at radius 3 is 2.53 bits per heavy atom. The Bertz CT molecular complexity index is 334. The highest BCUT2D eigenvalue weighted by Crippen LogP contribution is 2.43. The maximum Gasteiger partial charge on any atom is 0.246 e. The minimum absolute atomic E-state index is 0.0169. The minimum atomic E-state index is -0.306. The molecule has 1 N–H and O–H groups in total. The van der Waals surface area contributed by atoms with Crippen LogP contribution in [0.3, 0.4) is 0 Å². The topological polar surface area (TPSA) is 49.4 Å². The number of hydrogen-bond donors (Lipinski definition) is 1. The van der Waals surface area contributed by atoms with E-state index < -0.39 is 0 Å². The predicted octanol–water partition coefficient (Wildman–Crippen LogP) is 1.30. The van der Waals surface area contributed by atoms with E-state index in [9.17, 15) is 9.59 Å².